The van der Waals surface area contributed by atoms with E-state index in [1.165, 1.54) is 69.8 Å². The first-order valence-corrected chi connectivity index (χ1v) is 11.3. The molecule has 148 valence electrons. The molecule has 0 saturated heterocycles. The van der Waals surface area contributed by atoms with Crippen LogP contribution in [0.5, 0.6) is 0 Å². The molecule has 4 rings (SSSR count). The second-order valence-corrected chi connectivity index (χ2v) is 9.22. The largest absolute Gasteiger partial charge is 0.205 e. The second kappa shape index (κ2) is 8.64. The number of hydrogen-bond acceptors (Lipinski definition) is 1. The van der Waals surface area contributed by atoms with Gasteiger partial charge in [0.15, 0.2) is 0 Å². The summed E-state index contributed by atoms with van der Waals surface area (Å²) in [5, 5.41) is 10.5. The molecule has 4 unspecified atom stereocenters. The average molecular weight is 378 g/mol. The molecule has 2 heteroatoms. The maximum Gasteiger partial charge on any atom is 0.148 e. The summed E-state index contributed by atoms with van der Waals surface area (Å²) in [7, 11) is 0. The quantitative estimate of drug-likeness (QED) is 0.489. The summed E-state index contributed by atoms with van der Waals surface area (Å²) in [6.45, 7) is 2.29. The minimum absolute atomic E-state index is 0.136. The van der Waals surface area contributed by atoms with Crippen LogP contribution in [0.25, 0.3) is 10.8 Å². The van der Waals surface area contributed by atoms with Gasteiger partial charge in [-0.2, -0.15) is 5.26 Å². The van der Waals surface area contributed by atoms with E-state index in [1.807, 2.05) is 18.2 Å². The molecule has 2 aromatic carbocycles. The van der Waals surface area contributed by atoms with Gasteiger partial charge in [0, 0.05) is 5.39 Å². The number of fused-ring (bicyclic) bond motifs is 2. The van der Waals surface area contributed by atoms with Gasteiger partial charge in [0.2, 0.25) is 0 Å². The minimum Gasteiger partial charge on any atom is -0.205 e. The molecule has 0 aromatic heterocycles. The normalized spacial score (nSPS) is 27.3. The molecular weight excluding hydrogens is 345 g/mol. The van der Waals surface area contributed by atoms with E-state index in [2.05, 4.69) is 19.1 Å². The summed E-state index contributed by atoms with van der Waals surface area (Å²) >= 11 is 0. The molecule has 0 amide bonds. The third-order valence-electron chi connectivity index (χ3n) is 7.51. The van der Waals surface area contributed by atoms with Crippen LogP contribution in [0.1, 0.15) is 88.2 Å². The van der Waals surface area contributed by atoms with E-state index < -0.39 is 0 Å². The van der Waals surface area contributed by atoms with Gasteiger partial charge in [-0.15, -0.1) is 0 Å². The standard InChI is InChI=1S/C26H32FN/c1-2-3-4-5-18-6-7-20-15-21(9-8-19(20)14-18)22-12-13-25-23(16-22)10-11-24(17-28)26(25)27/h10-13,16,18-21H,2-9,14-15H2,1H3. The zero-order valence-electron chi connectivity index (χ0n) is 17.1. The van der Waals surface area contributed by atoms with E-state index in [9.17, 15) is 4.39 Å². The van der Waals surface area contributed by atoms with Crippen molar-refractivity contribution in [2.24, 2.45) is 17.8 Å². The molecule has 28 heavy (non-hydrogen) atoms. The predicted octanol–water partition coefficient (Wildman–Crippen LogP) is 7.73. The van der Waals surface area contributed by atoms with Crippen molar-refractivity contribution in [2.75, 3.05) is 0 Å². The van der Waals surface area contributed by atoms with Gasteiger partial charge in [-0.05, 0) is 72.8 Å². The molecule has 0 heterocycles. The highest BCUT2D eigenvalue weighted by molar-refractivity contribution is 5.85. The van der Waals surface area contributed by atoms with Crippen molar-refractivity contribution in [2.45, 2.75) is 77.0 Å². The molecular formula is C26H32FN. The van der Waals surface area contributed by atoms with E-state index >= 15 is 0 Å². The van der Waals surface area contributed by atoms with Crippen molar-refractivity contribution in [3.63, 3.8) is 0 Å². The van der Waals surface area contributed by atoms with Gasteiger partial charge in [0.05, 0.1) is 5.56 Å². The minimum atomic E-state index is -0.378. The van der Waals surface area contributed by atoms with Crippen LogP contribution >= 0.6 is 0 Å². The summed E-state index contributed by atoms with van der Waals surface area (Å²) in [5.74, 6) is 3.03. The van der Waals surface area contributed by atoms with Gasteiger partial charge in [-0.25, -0.2) is 4.39 Å². The van der Waals surface area contributed by atoms with Crippen molar-refractivity contribution in [3.05, 3.63) is 47.3 Å². The number of hydrogen-bond donors (Lipinski definition) is 0. The highest BCUT2D eigenvalue weighted by Gasteiger charge is 2.35. The zero-order valence-corrected chi connectivity index (χ0v) is 17.1. The number of halogens is 1. The van der Waals surface area contributed by atoms with Gasteiger partial charge >= 0.3 is 0 Å². The summed E-state index contributed by atoms with van der Waals surface area (Å²) in [5.41, 5.74) is 1.50. The van der Waals surface area contributed by atoms with Crippen molar-refractivity contribution >= 4 is 10.8 Å². The topological polar surface area (TPSA) is 23.8 Å². The molecule has 2 saturated carbocycles. The lowest BCUT2D eigenvalue weighted by molar-refractivity contribution is 0.113. The maximum absolute atomic E-state index is 14.4. The third kappa shape index (κ3) is 3.95. The molecule has 4 atom stereocenters. The Morgan fingerprint density at radius 2 is 1.82 bits per heavy atom. The Labute approximate surface area is 168 Å². The molecule has 2 aliphatic carbocycles. The first-order chi connectivity index (χ1) is 13.7. The highest BCUT2D eigenvalue weighted by atomic mass is 19.1. The Hall–Kier alpha value is -1.88. The zero-order chi connectivity index (χ0) is 19.5. The monoisotopic (exact) mass is 377 g/mol. The summed E-state index contributed by atoms with van der Waals surface area (Å²) in [6.07, 6.45) is 13.8. The molecule has 0 spiro atoms. The van der Waals surface area contributed by atoms with E-state index in [4.69, 9.17) is 5.26 Å². The number of nitriles is 1. The van der Waals surface area contributed by atoms with Gasteiger partial charge in [-0.3, -0.25) is 0 Å². The number of benzene rings is 2. The number of unbranched alkanes of at least 4 members (excludes halogenated alkanes) is 2. The van der Waals surface area contributed by atoms with Crippen molar-refractivity contribution in [1.82, 2.24) is 0 Å². The molecule has 0 bridgehead atoms. The Kier molecular flexibility index (Phi) is 6.00. The van der Waals surface area contributed by atoms with Crippen LogP contribution in [0, 0.1) is 34.9 Å². The Bertz CT molecular complexity index is 865. The predicted molar refractivity (Wildman–Crippen MR) is 114 cm³/mol. The lowest BCUT2D eigenvalue weighted by Gasteiger charge is -2.42. The van der Waals surface area contributed by atoms with E-state index in [0.717, 1.165) is 23.1 Å². The Morgan fingerprint density at radius 1 is 1.00 bits per heavy atom. The van der Waals surface area contributed by atoms with Gasteiger partial charge in [-0.1, -0.05) is 63.3 Å². The lowest BCUT2D eigenvalue weighted by atomic mass is 9.63. The second-order valence-electron chi connectivity index (χ2n) is 9.22. The summed E-state index contributed by atoms with van der Waals surface area (Å²) in [6, 6.07) is 11.6. The first-order valence-electron chi connectivity index (χ1n) is 11.3. The van der Waals surface area contributed by atoms with Gasteiger partial charge in [0.1, 0.15) is 11.9 Å². The molecule has 0 radical (unpaired) electrons. The van der Waals surface area contributed by atoms with Crippen molar-refractivity contribution < 1.29 is 4.39 Å². The van der Waals surface area contributed by atoms with Crippen LogP contribution in [0.2, 0.25) is 0 Å². The van der Waals surface area contributed by atoms with Crippen LogP contribution in [0.3, 0.4) is 0 Å². The molecule has 2 aromatic rings. The molecule has 2 aliphatic rings. The third-order valence-corrected chi connectivity index (χ3v) is 7.51. The smallest absolute Gasteiger partial charge is 0.148 e. The van der Waals surface area contributed by atoms with Crippen LogP contribution in [0.15, 0.2) is 30.3 Å². The van der Waals surface area contributed by atoms with Crippen LogP contribution < -0.4 is 0 Å². The fourth-order valence-electron chi connectivity index (χ4n) is 5.88. The fourth-order valence-corrected chi connectivity index (χ4v) is 5.88. The fraction of sp³-hybridized carbons (Fsp3) is 0.577. The maximum atomic E-state index is 14.4. The molecule has 0 N–H and O–H groups in total. The number of nitrogens with zero attached hydrogens (tertiary/aromatic N) is 1. The molecule has 1 nitrogen and oxygen atoms in total. The molecule has 0 aliphatic heterocycles. The van der Waals surface area contributed by atoms with Crippen molar-refractivity contribution in [1.29, 1.82) is 5.26 Å². The van der Waals surface area contributed by atoms with E-state index in [0.29, 0.717) is 11.3 Å². The van der Waals surface area contributed by atoms with Crippen LogP contribution in [-0.4, -0.2) is 0 Å². The lowest BCUT2D eigenvalue weighted by Crippen LogP contribution is -2.30. The number of rotatable bonds is 5. The van der Waals surface area contributed by atoms with E-state index in [1.54, 1.807) is 6.07 Å². The Balaban J connectivity index is 1.43. The average Bonchev–Trinajstić information content (AvgIpc) is 2.73. The van der Waals surface area contributed by atoms with Gasteiger partial charge < -0.3 is 0 Å². The highest BCUT2D eigenvalue weighted by Crippen LogP contribution is 2.48. The van der Waals surface area contributed by atoms with Crippen LogP contribution in [-0.2, 0) is 0 Å². The summed E-state index contributed by atoms with van der Waals surface area (Å²) in [4.78, 5) is 0. The summed E-state index contributed by atoms with van der Waals surface area (Å²) < 4.78 is 14.4. The first kappa shape index (κ1) is 19.4. The van der Waals surface area contributed by atoms with E-state index in [-0.39, 0.29) is 11.4 Å². The van der Waals surface area contributed by atoms with Crippen molar-refractivity contribution in [3.8, 4) is 6.07 Å². The molecule has 2 fully saturated rings. The van der Waals surface area contributed by atoms with Gasteiger partial charge in [0.25, 0.3) is 0 Å². The Morgan fingerprint density at radius 3 is 2.64 bits per heavy atom. The van der Waals surface area contributed by atoms with Crippen LogP contribution in [0.4, 0.5) is 4.39 Å². The SMILES string of the molecule is CCCCCC1CCC2CC(c3ccc4c(F)c(C#N)ccc4c3)CCC2C1.